The van der Waals surface area contributed by atoms with Crippen molar-refractivity contribution < 1.29 is 9.59 Å². The lowest BCUT2D eigenvalue weighted by atomic mass is 9.92. The van der Waals surface area contributed by atoms with Gasteiger partial charge in [0.05, 0.1) is 5.92 Å². The highest BCUT2D eigenvalue weighted by atomic mass is 16.2. The molecule has 7 nitrogen and oxygen atoms in total. The van der Waals surface area contributed by atoms with Gasteiger partial charge in [-0.1, -0.05) is 13.3 Å². The van der Waals surface area contributed by atoms with Crippen LogP contribution in [0.3, 0.4) is 0 Å². The van der Waals surface area contributed by atoms with E-state index in [-0.39, 0.29) is 17.9 Å². The van der Waals surface area contributed by atoms with E-state index in [2.05, 4.69) is 22.7 Å². The van der Waals surface area contributed by atoms with Crippen LogP contribution in [0.1, 0.15) is 57.2 Å². The molecule has 0 radical (unpaired) electrons. The number of imidazole rings is 1. The largest absolute Gasteiger partial charge is 0.342 e. The van der Waals surface area contributed by atoms with Gasteiger partial charge in [-0.25, -0.2) is 9.78 Å². The Morgan fingerprint density at radius 3 is 2.57 bits per heavy atom. The Labute approximate surface area is 168 Å². The standard InChI is InChI=1S/C21H35N5O2/c1-4-5-11-24-15-10-22-19(24)17-8-13-25(14-9-17)20(27)18-7-6-12-26(16-18)21(28)23(2)3/h10,15,17-18H,4-9,11-14,16H2,1-3H3/t18-/m1/s1. The first-order valence-electron chi connectivity index (χ1n) is 10.8. The number of likely N-dealkylation sites (tertiary alicyclic amines) is 2. The number of amides is 3. The maximum Gasteiger partial charge on any atom is 0.319 e. The minimum absolute atomic E-state index is 0.00937. The topological polar surface area (TPSA) is 61.7 Å². The molecule has 0 unspecified atom stereocenters. The van der Waals surface area contributed by atoms with Gasteiger partial charge in [0.1, 0.15) is 5.82 Å². The molecule has 2 aliphatic heterocycles. The second kappa shape index (κ2) is 9.43. The molecule has 1 aromatic heterocycles. The number of urea groups is 1. The molecule has 1 atom stereocenters. The van der Waals surface area contributed by atoms with Crippen molar-refractivity contribution in [2.24, 2.45) is 5.92 Å². The van der Waals surface area contributed by atoms with E-state index in [1.54, 1.807) is 19.0 Å². The van der Waals surface area contributed by atoms with Crippen LogP contribution in [-0.4, -0.2) is 76.5 Å². The smallest absolute Gasteiger partial charge is 0.319 e. The van der Waals surface area contributed by atoms with Crippen LogP contribution >= 0.6 is 0 Å². The average molecular weight is 390 g/mol. The molecule has 3 amide bonds. The highest BCUT2D eigenvalue weighted by Crippen LogP contribution is 2.29. The van der Waals surface area contributed by atoms with Crippen LogP contribution in [0.4, 0.5) is 4.79 Å². The summed E-state index contributed by atoms with van der Waals surface area (Å²) in [6.07, 6.45) is 10.1. The van der Waals surface area contributed by atoms with Crippen LogP contribution in [0.15, 0.2) is 12.4 Å². The summed E-state index contributed by atoms with van der Waals surface area (Å²) in [5.41, 5.74) is 0. The fourth-order valence-electron chi connectivity index (χ4n) is 4.45. The monoisotopic (exact) mass is 389 g/mol. The Balaban J connectivity index is 1.54. The third kappa shape index (κ3) is 4.67. The van der Waals surface area contributed by atoms with Gasteiger partial charge < -0.3 is 19.3 Å². The van der Waals surface area contributed by atoms with Crippen molar-refractivity contribution in [3.8, 4) is 0 Å². The van der Waals surface area contributed by atoms with E-state index >= 15 is 0 Å². The summed E-state index contributed by atoms with van der Waals surface area (Å²) in [5.74, 6) is 1.79. The fraction of sp³-hybridized carbons (Fsp3) is 0.762. The molecule has 3 rings (SSSR count). The number of aryl methyl sites for hydroxylation is 1. The first-order chi connectivity index (χ1) is 13.5. The van der Waals surface area contributed by atoms with Crippen molar-refractivity contribution in [2.75, 3.05) is 40.3 Å². The van der Waals surface area contributed by atoms with Crippen molar-refractivity contribution in [3.05, 3.63) is 18.2 Å². The molecule has 0 aliphatic carbocycles. The lowest BCUT2D eigenvalue weighted by molar-refractivity contribution is -0.138. The van der Waals surface area contributed by atoms with Crippen molar-refractivity contribution in [3.63, 3.8) is 0 Å². The minimum atomic E-state index is -0.0549. The maximum absolute atomic E-state index is 13.0. The lowest BCUT2D eigenvalue weighted by Gasteiger charge is -2.38. The third-order valence-electron chi connectivity index (χ3n) is 6.10. The van der Waals surface area contributed by atoms with E-state index in [1.165, 1.54) is 18.7 Å². The van der Waals surface area contributed by atoms with Crippen LogP contribution in [0.2, 0.25) is 0 Å². The Bertz CT molecular complexity index is 664. The molecule has 0 saturated carbocycles. The number of aromatic nitrogens is 2. The molecule has 0 spiro atoms. The van der Waals surface area contributed by atoms with Crippen molar-refractivity contribution >= 4 is 11.9 Å². The molecule has 28 heavy (non-hydrogen) atoms. The predicted molar refractivity (Wildman–Crippen MR) is 109 cm³/mol. The van der Waals surface area contributed by atoms with Gasteiger partial charge >= 0.3 is 6.03 Å². The number of unbranched alkanes of at least 4 members (excludes halogenated alkanes) is 1. The Morgan fingerprint density at radius 1 is 1.14 bits per heavy atom. The van der Waals surface area contributed by atoms with Gasteiger partial charge in [-0.05, 0) is 32.1 Å². The number of nitrogens with zero attached hydrogens (tertiary/aromatic N) is 5. The van der Waals surface area contributed by atoms with Crippen molar-refractivity contribution in [1.29, 1.82) is 0 Å². The van der Waals surface area contributed by atoms with Crippen LogP contribution < -0.4 is 0 Å². The molecule has 0 bridgehead atoms. The van der Waals surface area contributed by atoms with Gasteiger partial charge in [-0.2, -0.15) is 0 Å². The van der Waals surface area contributed by atoms with Gasteiger partial charge in [0.25, 0.3) is 0 Å². The normalized spacial score (nSPS) is 21.0. The SMILES string of the molecule is CCCCn1ccnc1C1CCN(C(=O)[C@@H]2CCCN(C(=O)N(C)C)C2)CC1. The van der Waals surface area contributed by atoms with E-state index < -0.39 is 0 Å². The first kappa shape index (κ1) is 20.7. The minimum Gasteiger partial charge on any atom is -0.342 e. The summed E-state index contributed by atoms with van der Waals surface area (Å²) < 4.78 is 2.29. The predicted octanol–water partition coefficient (Wildman–Crippen LogP) is 2.78. The number of carbonyl (C=O) groups excluding carboxylic acids is 2. The molecule has 0 N–H and O–H groups in total. The molecule has 3 heterocycles. The second-order valence-corrected chi connectivity index (χ2v) is 8.39. The summed E-state index contributed by atoms with van der Waals surface area (Å²) in [5, 5.41) is 0. The van der Waals surface area contributed by atoms with Gasteiger partial charge in [-0.3, -0.25) is 4.79 Å². The number of piperidine rings is 2. The van der Waals surface area contributed by atoms with Crippen LogP contribution in [0.25, 0.3) is 0 Å². The second-order valence-electron chi connectivity index (χ2n) is 8.39. The fourth-order valence-corrected chi connectivity index (χ4v) is 4.45. The molecule has 2 aliphatic rings. The zero-order chi connectivity index (χ0) is 20.1. The van der Waals surface area contributed by atoms with E-state index in [0.717, 1.165) is 51.9 Å². The van der Waals surface area contributed by atoms with E-state index in [4.69, 9.17) is 0 Å². The number of hydrogen-bond donors (Lipinski definition) is 0. The van der Waals surface area contributed by atoms with Crippen LogP contribution in [0, 0.1) is 5.92 Å². The Hall–Kier alpha value is -2.05. The van der Waals surface area contributed by atoms with Crippen molar-refractivity contribution in [1.82, 2.24) is 24.3 Å². The number of carbonyl (C=O) groups is 2. The molecular weight excluding hydrogens is 354 g/mol. The molecule has 2 saturated heterocycles. The zero-order valence-corrected chi connectivity index (χ0v) is 17.6. The first-order valence-corrected chi connectivity index (χ1v) is 10.8. The summed E-state index contributed by atoms with van der Waals surface area (Å²) in [6.45, 7) is 6.13. The van der Waals surface area contributed by atoms with E-state index in [0.29, 0.717) is 12.5 Å². The number of rotatable bonds is 5. The highest BCUT2D eigenvalue weighted by Gasteiger charge is 2.34. The molecule has 156 valence electrons. The molecule has 2 fully saturated rings. The van der Waals surface area contributed by atoms with Crippen LogP contribution in [0.5, 0.6) is 0 Å². The van der Waals surface area contributed by atoms with Gasteiger partial charge in [0.15, 0.2) is 0 Å². The van der Waals surface area contributed by atoms with Gasteiger partial charge in [0.2, 0.25) is 5.91 Å². The summed E-state index contributed by atoms with van der Waals surface area (Å²) in [7, 11) is 3.53. The van der Waals surface area contributed by atoms with Crippen molar-refractivity contribution in [2.45, 2.75) is 57.9 Å². The molecular formula is C21H35N5O2. The number of hydrogen-bond acceptors (Lipinski definition) is 3. The Kier molecular flexibility index (Phi) is 6.97. The summed E-state index contributed by atoms with van der Waals surface area (Å²) in [4.78, 5) is 35.3. The zero-order valence-electron chi connectivity index (χ0n) is 17.6. The quantitative estimate of drug-likeness (QED) is 0.778. The van der Waals surface area contributed by atoms with Crippen LogP contribution in [-0.2, 0) is 11.3 Å². The summed E-state index contributed by atoms with van der Waals surface area (Å²) in [6, 6.07) is 0.00937. The average Bonchev–Trinajstić information content (AvgIpc) is 3.19. The summed E-state index contributed by atoms with van der Waals surface area (Å²) >= 11 is 0. The lowest BCUT2D eigenvalue weighted by Crippen LogP contribution is -2.50. The molecule has 1 aromatic rings. The Morgan fingerprint density at radius 2 is 1.89 bits per heavy atom. The molecule has 0 aromatic carbocycles. The van der Waals surface area contributed by atoms with Gasteiger partial charge in [-0.15, -0.1) is 0 Å². The van der Waals surface area contributed by atoms with E-state index in [1.807, 2.05) is 16.0 Å². The highest BCUT2D eigenvalue weighted by molar-refractivity contribution is 5.81. The van der Waals surface area contributed by atoms with Gasteiger partial charge in [0, 0.05) is 65.1 Å². The third-order valence-corrected chi connectivity index (χ3v) is 6.10. The van der Waals surface area contributed by atoms with E-state index in [9.17, 15) is 9.59 Å². The molecule has 7 heteroatoms. The maximum atomic E-state index is 13.0.